The van der Waals surface area contributed by atoms with Crippen LogP contribution in [0.15, 0.2) is 12.4 Å². The van der Waals surface area contributed by atoms with E-state index in [1.807, 2.05) is 12.4 Å². The fourth-order valence-corrected chi connectivity index (χ4v) is 5.28. The van der Waals surface area contributed by atoms with Gasteiger partial charge in [0.25, 0.3) is 0 Å². The van der Waals surface area contributed by atoms with Gasteiger partial charge in [0.2, 0.25) is 11.9 Å². The number of ether oxygens (including phenoxy) is 1. The fraction of sp³-hybridized carbons (Fsp3) is 0.773. The van der Waals surface area contributed by atoms with Crippen molar-refractivity contribution < 1.29 is 9.53 Å². The number of hydrogen-bond acceptors (Lipinski definition) is 5. The molecule has 4 atom stereocenters. The first-order valence-electron chi connectivity index (χ1n) is 11.0. The Morgan fingerprint density at radius 3 is 2.89 bits per heavy atom. The third kappa shape index (κ3) is 3.76. The van der Waals surface area contributed by atoms with Gasteiger partial charge in [-0.15, -0.1) is 0 Å². The van der Waals surface area contributed by atoms with Crippen LogP contribution in [0.1, 0.15) is 58.4 Å². The molecule has 3 aliphatic rings. The minimum Gasteiger partial charge on any atom is -0.369 e. The number of aromatic nitrogens is 2. The molecule has 0 aliphatic carbocycles. The zero-order valence-electron chi connectivity index (χ0n) is 17.5. The summed E-state index contributed by atoms with van der Waals surface area (Å²) in [6.45, 7) is 9.02. The normalized spacial score (nSPS) is 30.9. The van der Waals surface area contributed by atoms with E-state index in [9.17, 15) is 4.79 Å². The predicted molar refractivity (Wildman–Crippen MR) is 109 cm³/mol. The molecule has 0 unspecified atom stereocenters. The van der Waals surface area contributed by atoms with E-state index in [4.69, 9.17) is 4.74 Å². The summed E-state index contributed by atoms with van der Waals surface area (Å²) in [5, 5.41) is 3.18. The van der Waals surface area contributed by atoms with Gasteiger partial charge >= 0.3 is 0 Å². The van der Waals surface area contributed by atoms with E-state index in [1.54, 1.807) is 0 Å². The van der Waals surface area contributed by atoms with Gasteiger partial charge in [0.05, 0.1) is 18.2 Å². The molecule has 154 valence electrons. The van der Waals surface area contributed by atoms with Crippen molar-refractivity contribution in [2.24, 2.45) is 17.8 Å². The summed E-state index contributed by atoms with van der Waals surface area (Å²) in [5.41, 5.74) is 1.13. The Bertz CT molecular complexity index is 692. The predicted octanol–water partition coefficient (Wildman–Crippen LogP) is 2.97. The molecule has 28 heavy (non-hydrogen) atoms. The van der Waals surface area contributed by atoms with E-state index in [0.29, 0.717) is 30.3 Å². The molecule has 0 aromatic carbocycles. The minimum absolute atomic E-state index is 0.0660. The first-order chi connectivity index (χ1) is 13.5. The monoisotopic (exact) mass is 386 g/mol. The molecule has 4 heterocycles. The molecule has 4 rings (SSSR count). The summed E-state index contributed by atoms with van der Waals surface area (Å²) < 4.78 is 6.49. The highest BCUT2D eigenvalue weighted by Crippen LogP contribution is 2.54. The van der Waals surface area contributed by atoms with E-state index < -0.39 is 0 Å². The highest BCUT2D eigenvalue weighted by Gasteiger charge is 2.63. The second-order valence-corrected chi connectivity index (χ2v) is 9.29. The first-order valence-corrected chi connectivity index (χ1v) is 11.0. The molecule has 6 heteroatoms. The second-order valence-electron chi connectivity index (χ2n) is 9.29. The lowest BCUT2D eigenvalue weighted by molar-refractivity contribution is -0.121. The standard InChI is InChI=1S/C22H34N4O2/c1-4-5-16-10-24-21(25-11-16)26-13-18-17(12-23-20(27)7-6-15(2)3)19-8-9-22(18,14-26)28-19/h10-11,15,17-19H,4-9,12-14H2,1-3H3,(H,23,27)/t17-,18+,19+,22+/m0/s1. The summed E-state index contributed by atoms with van der Waals surface area (Å²) in [4.78, 5) is 23.7. The van der Waals surface area contributed by atoms with Crippen LogP contribution in [0.2, 0.25) is 0 Å². The highest BCUT2D eigenvalue weighted by atomic mass is 16.5. The van der Waals surface area contributed by atoms with Crippen LogP contribution in [0.25, 0.3) is 0 Å². The Balaban J connectivity index is 1.38. The molecular weight excluding hydrogens is 352 g/mol. The van der Waals surface area contributed by atoms with E-state index in [-0.39, 0.29) is 11.5 Å². The van der Waals surface area contributed by atoms with Gasteiger partial charge < -0.3 is 15.0 Å². The van der Waals surface area contributed by atoms with E-state index >= 15 is 0 Å². The SMILES string of the molecule is CCCc1cnc(N2C[C@@H]3[C@H](CNC(=O)CCC(C)C)[C@H]4CC[C@]3(C2)O4)nc1. The van der Waals surface area contributed by atoms with Crippen molar-refractivity contribution in [2.75, 3.05) is 24.5 Å². The van der Waals surface area contributed by atoms with E-state index in [1.165, 1.54) is 5.56 Å². The number of nitrogens with zero attached hydrogens (tertiary/aromatic N) is 3. The smallest absolute Gasteiger partial charge is 0.225 e. The summed E-state index contributed by atoms with van der Waals surface area (Å²) in [5.74, 6) is 2.41. The van der Waals surface area contributed by atoms with Crippen molar-refractivity contribution in [2.45, 2.75) is 71.0 Å². The second kappa shape index (κ2) is 7.97. The summed E-state index contributed by atoms with van der Waals surface area (Å²) >= 11 is 0. The summed E-state index contributed by atoms with van der Waals surface area (Å²) in [6.07, 6.45) is 10.1. The Labute approximate surface area is 168 Å². The Morgan fingerprint density at radius 1 is 1.39 bits per heavy atom. The maximum atomic E-state index is 12.2. The number of carbonyl (C=O) groups is 1. The average molecular weight is 387 g/mol. The van der Waals surface area contributed by atoms with Crippen molar-refractivity contribution in [3.8, 4) is 0 Å². The Hall–Kier alpha value is -1.69. The Morgan fingerprint density at radius 2 is 2.18 bits per heavy atom. The van der Waals surface area contributed by atoms with Crippen molar-refractivity contribution in [3.05, 3.63) is 18.0 Å². The topological polar surface area (TPSA) is 67.4 Å². The highest BCUT2D eigenvalue weighted by molar-refractivity contribution is 5.75. The van der Waals surface area contributed by atoms with Crippen LogP contribution in [0.5, 0.6) is 0 Å². The molecule has 0 radical (unpaired) electrons. The third-order valence-corrected chi connectivity index (χ3v) is 6.78. The maximum absolute atomic E-state index is 12.2. The van der Waals surface area contributed by atoms with Crippen molar-refractivity contribution in [1.29, 1.82) is 0 Å². The Kier molecular flexibility index (Phi) is 5.59. The van der Waals surface area contributed by atoms with Gasteiger partial charge in [0.1, 0.15) is 0 Å². The largest absolute Gasteiger partial charge is 0.369 e. The van der Waals surface area contributed by atoms with Gasteiger partial charge in [-0.1, -0.05) is 27.2 Å². The number of anilines is 1. The molecule has 3 aliphatic heterocycles. The van der Waals surface area contributed by atoms with Crippen LogP contribution in [0, 0.1) is 17.8 Å². The lowest BCUT2D eigenvalue weighted by Gasteiger charge is -2.29. The summed E-state index contributed by atoms with van der Waals surface area (Å²) in [6, 6.07) is 0. The fourth-order valence-electron chi connectivity index (χ4n) is 5.28. The van der Waals surface area contributed by atoms with Crippen LogP contribution >= 0.6 is 0 Å². The summed E-state index contributed by atoms with van der Waals surface area (Å²) in [7, 11) is 0. The van der Waals surface area contributed by atoms with Crippen LogP contribution in [-0.2, 0) is 16.0 Å². The van der Waals surface area contributed by atoms with Crippen LogP contribution < -0.4 is 10.2 Å². The van der Waals surface area contributed by atoms with Gasteiger partial charge in [0.15, 0.2) is 0 Å². The van der Waals surface area contributed by atoms with Gasteiger partial charge in [-0.05, 0) is 37.2 Å². The molecule has 3 fully saturated rings. The van der Waals surface area contributed by atoms with Crippen molar-refractivity contribution in [1.82, 2.24) is 15.3 Å². The number of carbonyl (C=O) groups excluding carboxylic acids is 1. The molecule has 1 aromatic rings. The number of rotatable bonds is 8. The lowest BCUT2D eigenvalue weighted by Crippen LogP contribution is -2.41. The molecular formula is C22H34N4O2. The molecule has 0 saturated carbocycles. The van der Waals surface area contributed by atoms with Gasteiger partial charge in [-0.3, -0.25) is 4.79 Å². The molecule has 2 bridgehead atoms. The number of nitrogens with one attached hydrogen (secondary N) is 1. The molecule has 1 aromatic heterocycles. The number of aryl methyl sites for hydroxylation is 1. The zero-order valence-corrected chi connectivity index (χ0v) is 17.5. The minimum atomic E-state index is -0.0660. The molecule has 6 nitrogen and oxygen atoms in total. The van der Waals surface area contributed by atoms with Crippen LogP contribution in [0.4, 0.5) is 5.95 Å². The van der Waals surface area contributed by atoms with Crippen molar-refractivity contribution >= 4 is 11.9 Å². The van der Waals surface area contributed by atoms with Gasteiger partial charge in [-0.25, -0.2) is 9.97 Å². The van der Waals surface area contributed by atoms with E-state index in [0.717, 1.165) is 57.7 Å². The first kappa shape index (κ1) is 19.6. The van der Waals surface area contributed by atoms with Crippen LogP contribution in [-0.4, -0.2) is 47.2 Å². The maximum Gasteiger partial charge on any atom is 0.225 e. The van der Waals surface area contributed by atoms with E-state index in [2.05, 4.69) is 41.0 Å². The average Bonchev–Trinajstić information content (AvgIpc) is 3.34. The molecule has 1 N–H and O–H groups in total. The quantitative estimate of drug-likeness (QED) is 0.744. The molecule has 3 saturated heterocycles. The van der Waals surface area contributed by atoms with Gasteiger partial charge in [0, 0.05) is 43.7 Å². The van der Waals surface area contributed by atoms with Crippen molar-refractivity contribution in [3.63, 3.8) is 0 Å². The van der Waals surface area contributed by atoms with Crippen LogP contribution in [0.3, 0.4) is 0 Å². The third-order valence-electron chi connectivity index (χ3n) is 6.78. The molecule has 1 amide bonds. The molecule has 1 spiro atoms. The van der Waals surface area contributed by atoms with Gasteiger partial charge in [-0.2, -0.15) is 0 Å². The number of amides is 1. The number of hydrogen-bond donors (Lipinski definition) is 1. The zero-order chi connectivity index (χ0) is 19.7. The lowest BCUT2D eigenvalue weighted by atomic mass is 9.73. The number of fused-ring (bicyclic) bond motifs is 1.